The molecule has 3 aromatic rings. The molecule has 3 unspecified atom stereocenters. The Morgan fingerprint density at radius 1 is 1.17 bits per heavy atom. The molecule has 1 aromatic carbocycles. The fourth-order valence-corrected chi connectivity index (χ4v) is 5.88. The number of Topliss-reactive ketones (excluding diaryl/α,β-unsaturated/α-hetero) is 1. The number of ketones is 1. The number of nitrogens with zero attached hydrogens (tertiary/aromatic N) is 4. The molecule has 4 N–H and O–H groups in total. The number of aromatic nitrogens is 5. The summed E-state index contributed by atoms with van der Waals surface area (Å²) < 4.78 is 1.98. The van der Waals surface area contributed by atoms with Crippen molar-refractivity contribution >= 4 is 23.5 Å². The minimum atomic E-state index is -0.728. The fourth-order valence-electron chi connectivity index (χ4n) is 5.88. The Morgan fingerprint density at radius 2 is 1.98 bits per heavy atom. The van der Waals surface area contributed by atoms with Crippen molar-refractivity contribution in [3.05, 3.63) is 65.2 Å². The zero-order valence-corrected chi connectivity index (χ0v) is 23.3. The molecule has 1 aliphatic carbocycles. The number of nitrogens with one attached hydrogen (secondary N) is 4. The number of H-pyrrole nitrogens is 1. The fraction of sp³-hybridized carbons (Fsp3) is 0.483. The van der Waals surface area contributed by atoms with Gasteiger partial charge in [-0.2, -0.15) is 5.21 Å². The predicted molar refractivity (Wildman–Crippen MR) is 148 cm³/mol. The van der Waals surface area contributed by atoms with E-state index in [4.69, 9.17) is 0 Å². The van der Waals surface area contributed by atoms with E-state index in [1.807, 2.05) is 61.0 Å². The van der Waals surface area contributed by atoms with Gasteiger partial charge in [0.25, 0.3) is 0 Å². The molecule has 0 bridgehead atoms. The normalized spacial score (nSPS) is 21.2. The van der Waals surface area contributed by atoms with Crippen molar-refractivity contribution in [1.29, 1.82) is 0 Å². The lowest BCUT2D eigenvalue weighted by atomic mass is 9.79. The summed E-state index contributed by atoms with van der Waals surface area (Å²) in [6.07, 6.45) is 4.16. The first-order valence-corrected chi connectivity index (χ1v) is 14.2. The second kappa shape index (κ2) is 12.4. The van der Waals surface area contributed by atoms with E-state index in [1.165, 1.54) is 0 Å². The SMILES string of the molecule is CC[C@H](C)[C@H](NC(=O)Cc1ccccc1)C(=O)NC1CCc2ccn3c2C1C(=O)CC(C(=O)NCc1nn[nH]n1)C3. The van der Waals surface area contributed by atoms with E-state index >= 15 is 0 Å². The number of carbonyl (C=O) groups excluding carboxylic acids is 4. The van der Waals surface area contributed by atoms with Crippen LogP contribution in [-0.2, 0) is 45.1 Å². The highest BCUT2D eigenvalue weighted by Gasteiger charge is 2.43. The number of aryl methyl sites for hydroxylation is 1. The molecule has 12 heteroatoms. The monoisotopic (exact) mass is 560 g/mol. The topological polar surface area (TPSA) is 164 Å². The van der Waals surface area contributed by atoms with Gasteiger partial charge < -0.3 is 20.5 Å². The number of rotatable bonds is 10. The highest BCUT2D eigenvalue weighted by atomic mass is 16.2. The molecular formula is C29H36N8O4. The number of aromatic amines is 1. The number of carbonyl (C=O) groups is 4. The summed E-state index contributed by atoms with van der Waals surface area (Å²) in [5.74, 6) is -1.74. The molecule has 2 aromatic heterocycles. The third-order valence-corrected chi connectivity index (χ3v) is 8.26. The van der Waals surface area contributed by atoms with Crippen LogP contribution in [0.2, 0.25) is 0 Å². The van der Waals surface area contributed by atoms with Crippen LogP contribution >= 0.6 is 0 Å². The Bertz CT molecular complexity index is 1390. The summed E-state index contributed by atoms with van der Waals surface area (Å²) in [4.78, 5) is 53.3. The maximum atomic E-state index is 13.7. The Hall–Kier alpha value is -4.35. The van der Waals surface area contributed by atoms with Gasteiger partial charge in [0.1, 0.15) is 11.8 Å². The Morgan fingerprint density at radius 3 is 2.71 bits per heavy atom. The van der Waals surface area contributed by atoms with Gasteiger partial charge in [-0.25, -0.2) is 0 Å². The molecule has 0 radical (unpaired) electrons. The van der Waals surface area contributed by atoms with Crippen molar-refractivity contribution in [3.63, 3.8) is 0 Å². The van der Waals surface area contributed by atoms with Gasteiger partial charge in [0.15, 0.2) is 5.82 Å². The van der Waals surface area contributed by atoms with Crippen LogP contribution in [0.25, 0.3) is 0 Å². The van der Waals surface area contributed by atoms with Crippen LogP contribution in [0.3, 0.4) is 0 Å². The molecular weight excluding hydrogens is 524 g/mol. The van der Waals surface area contributed by atoms with Crippen LogP contribution < -0.4 is 16.0 Å². The van der Waals surface area contributed by atoms with Crippen LogP contribution in [0, 0.1) is 11.8 Å². The summed E-state index contributed by atoms with van der Waals surface area (Å²) in [6, 6.07) is 10.2. The highest BCUT2D eigenvalue weighted by Crippen LogP contribution is 2.38. The zero-order chi connectivity index (χ0) is 28.9. The Kier molecular flexibility index (Phi) is 8.55. The molecule has 3 amide bonds. The quantitative estimate of drug-likeness (QED) is 0.289. The number of tetrazole rings is 1. The Balaban J connectivity index is 1.29. The molecule has 12 nitrogen and oxygen atoms in total. The molecule has 2 aliphatic rings. The molecule has 5 rings (SSSR count). The van der Waals surface area contributed by atoms with Crippen LogP contribution in [0.5, 0.6) is 0 Å². The molecule has 0 saturated carbocycles. The molecule has 5 atom stereocenters. The van der Waals surface area contributed by atoms with Gasteiger partial charge in [0.05, 0.1) is 24.8 Å². The van der Waals surface area contributed by atoms with Crippen LogP contribution in [0.4, 0.5) is 0 Å². The van der Waals surface area contributed by atoms with Crippen molar-refractivity contribution in [2.45, 2.75) is 77.0 Å². The molecule has 0 spiro atoms. The maximum Gasteiger partial charge on any atom is 0.243 e. The molecule has 0 saturated heterocycles. The molecule has 216 valence electrons. The lowest BCUT2D eigenvalue weighted by molar-refractivity contribution is -0.132. The van der Waals surface area contributed by atoms with Gasteiger partial charge in [0.2, 0.25) is 17.7 Å². The minimum Gasteiger partial charge on any atom is -0.350 e. The van der Waals surface area contributed by atoms with Gasteiger partial charge in [-0.15, -0.1) is 10.2 Å². The van der Waals surface area contributed by atoms with Crippen LogP contribution in [0.15, 0.2) is 42.6 Å². The standard InChI is InChI=1S/C29H36N8O4/c1-3-17(2)26(32-24(39)13-18-7-5-4-6-8-18)29(41)31-21-10-9-19-11-12-37-16-20(14-22(38)25(21)27(19)37)28(40)30-15-23-33-35-36-34-23/h4-8,11-12,17,20-21,25-26H,3,9-10,13-16H2,1-2H3,(H,30,40)(H,31,41)(H,32,39)(H,33,34,35,36)/t17-,20?,21?,25?,26-/m0/s1. The number of hydrogen-bond donors (Lipinski definition) is 4. The second-order valence-corrected chi connectivity index (χ2v) is 11.0. The third-order valence-electron chi connectivity index (χ3n) is 8.26. The summed E-state index contributed by atoms with van der Waals surface area (Å²) in [6.45, 7) is 4.39. The lowest BCUT2D eigenvalue weighted by Gasteiger charge is -2.34. The lowest BCUT2D eigenvalue weighted by Crippen LogP contribution is -2.55. The van der Waals surface area contributed by atoms with Gasteiger partial charge >= 0.3 is 0 Å². The second-order valence-electron chi connectivity index (χ2n) is 11.0. The smallest absolute Gasteiger partial charge is 0.243 e. The molecule has 0 fully saturated rings. The molecule has 41 heavy (non-hydrogen) atoms. The first-order chi connectivity index (χ1) is 19.8. The van der Waals surface area contributed by atoms with E-state index in [0.717, 1.165) is 16.8 Å². The van der Waals surface area contributed by atoms with Gasteiger partial charge in [-0.1, -0.05) is 55.8 Å². The first-order valence-electron chi connectivity index (χ1n) is 14.2. The van der Waals surface area contributed by atoms with E-state index in [9.17, 15) is 19.2 Å². The summed E-state index contributed by atoms with van der Waals surface area (Å²) in [7, 11) is 0. The molecule has 3 heterocycles. The number of benzene rings is 1. The largest absolute Gasteiger partial charge is 0.350 e. The summed E-state index contributed by atoms with van der Waals surface area (Å²) >= 11 is 0. The first kappa shape index (κ1) is 28.2. The average molecular weight is 561 g/mol. The van der Waals surface area contributed by atoms with Gasteiger partial charge in [-0.3, -0.25) is 19.2 Å². The van der Waals surface area contributed by atoms with E-state index in [1.54, 1.807) is 0 Å². The van der Waals surface area contributed by atoms with Crippen molar-refractivity contribution < 1.29 is 19.2 Å². The van der Waals surface area contributed by atoms with Crippen molar-refractivity contribution in [3.8, 4) is 0 Å². The highest BCUT2D eigenvalue weighted by molar-refractivity contribution is 5.93. The Labute approximate surface area is 238 Å². The maximum absolute atomic E-state index is 13.7. The van der Waals surface area contributed by atoms with E-state index in [-0.39, 0.29) is 48.8 Å². The van der Waals surface area contributed by atoms with E-state index < -0.39 is 23.9 Å². The van der Waals surface area contributed by atoms with Gasteiger partial charge in [-0.05, 0) is 36.0 Å². The number of hydrogen-bond acceptors (Lipinski definition) is 7. The molecule has 1 aliphatic heterocycles. The number of amides is 3. The predicted octanol–water partition coefficient (Wildman–Crippen LogP) is 1.19. The third kappa shape index (κ3) is 6.36. The van der Waals surface area contributed by atoms with Crippen molar-refractivity contribution in [2.75, 3.05) is 0 Å². The van der Waals surface area contributed by atoms with Crippen LogP contribution in [-0.4, -0.2) is 60.8 Å². The average Bonchev–Trinajstić information content (AvgIpc) is 3.61. The van der Waals surface area contributed by atoms with Gasteiger partial charge in [0, 0.05) is 30.9 Å². The van der Waals surface area contributed by atoms with Crippen molar-refractivity contribution in [2.24, 2.45) is 11.8 Å². The van der Waals surface area contributed by atoms with Crippen molar-refractivity contribution in [1.82, 2.24) is 41.1 Å². The summed E-state index contributed by atoms with van der Waals surface area (Å²) in [5.41, 5.74) is 2.80. The van der Waals surface area contributed by atoms with E-state index in [2.05, 4.69) is 36.6 Å². The summed E-state index contributed by atoms with van der Waals surface area (Å²) in [5, 5.41) is 22.4. The minimum absolute atomic E-state index is 0.0544. The van der Waals surface area contributed by atoms with E-state index in [0.29, 0.717) is 31.6 Å². The van der Waals surface area contributed by atoms with Crippen LogP contribution in [0.1, 0.15) is 61.7 Å². The zero-order valence-electron chi connectivity index (χ0n) is 23.3.